The van der Waals surface area contributed by atoms with E-state index in [4.69, 9.17) is 9.47 Å². The number of aromatic nitrogens is 1. The van der Waals surface area contributed by atoms with E-state index in [0.29, 0.717) is 30.4 Å². The highest BCUT2D eigenvalue weighted by atomic mass is 32.2. The van der Waals surface area contributed by atoms with E-state index in [1.165, 1.54) is 10.4 Å². The molecule has 0 spiro atoms. The Morgan fingerprint density at radius 2 is 2.03 bits per heavy atom. The molecule has 1 aromatic heterocycles. The Bertz CT molecular complexity index is 1100. The molecule has 4 rings (SSSR count). The second kappa shape index (κ2) is 10.2. The molecule has 0 aliphatic carbocycles. The van der Waals surface area contributed by atoms with Gasteiger partial charge < -0.3 is 14.6 Å². The van der Waals surface area contributed by atoms with Crippen molar-refractivity contribution in [2.45, 2.75) is 56.7 Å². The molecule has 1 aromatic carbocycles. The minimum atomic E-state index is -3.93. The largest absolute Gasteiger partial charge is 0.491 e. The standard InChI is InChI=1S/C25H32N2O5S/c1-3-18-5-8-23-20(15-18)6-7-21(4-2)27(23)33(29,30)25-10-9-24(22(16-28)26-25)32-17-19-11-13-31-14-12-19/h3,5,8-10,15,19,21,28H,1,4,6-7,11-14,16-17H2,2H3. The summed E-state index contributed by atoms with van der Waals surface area (Å²) < 4.78 is 40.3. The fourth-order valence-corrected chi connectivity index (χ4v) is 6.31. The zero-order chi connectivity index (χ0) is 23.4. The van der Waals surface area contributed by atoms with Gasteiger partial charge in [0.2, 0.25) is 0 Å². The molecule has 2 aromatic rings. The monoisotopic (exact) mass is 472 g/mol. The smallest absolute Gasteiger partial charge is 0.282 e. The van der Waals surface area contributed by atoms with Gasteiger partial charge in [-0.3, -0.25) is 4.31 Å². The Morgan fingerprint density at radius 3 is 2.73 bits per heavy atom. The quantitative estimate of drug-likeness (QED) is 0.626. The van der Waals surface area contributed by atoms with Gasteiger partial charge in [-0.25, -0.2) is 4.98 Å². The van der Waals surface area contributed by atoms with E-state index in [2.05, 4.69) is 11.6 Å². The van der Waals surface area contributed by atoms with Crippen LogP contribution in [0.1, 0.15) is 49.4 Å². The summed E-state index contributed by atoms with van der Waals surface area (Å²) in [5.74, 6) is 0.800. The van der Waals surface area contributed by atoms with Gasteiger partial charge in [-0.05, 0) is 73.4 Å². The maximum Gasteiger partial charge on any atom is 0.282 e. The summed E-state index contributed by atoms with van der Waals surface area (Å²) in [6.07, 6.45) is 5.86. The van der Waals surface area contributed by atoms with Gasteiger partial charge in [0.25, 0.3) is 10.0 Å². The second-order valence-electron chi connectivity index (χ2n) is 8.61. The number of aryl methyl sites for hydroxylation is 1. The van der Waals surface area contributed by atoms with E-state index in [-0.39, 0.29) is 16.8 Å². The third-order valence-corrected chi connectivity index (χ3v) is 8.29. The number of hydrogen-bond donors (Lipinski definition) is 1. The molecule has 3 heterocycles. The van der Waals surface area contributed by atoms with Gasteiger partial charge in [0.05, 0.1) is 18.9 Å². The third-order valence-electron chi connectivity index (χ3n) is 6.52. The molecule has 2 aliphatic heterocycles. The first kappa shape index (κ1) is 23.7. The molecule has 33 heavy (non-hydrogen) atoms. The molecule has 7 nitrogen and oxygen atoms in total. The predicted octanol–water partition coefficient (Wildman–Crippen LogP) is 3.94. The van der Waals surface area contributed by atoms with Gasteiger partial charge in [-0.2, -0.15) is 8.42 Å². The van der Waals surface area contributed by atoms with Gasteiger partial charge in [-0.1, -0.05) is 25.6 Å². The first-order valence-electron chi connectivity index (χ1n) is 11.6. The normalized spacial score (nSPS) is 19.2. The highest BCUT2D eigenvalue weighted by Crippen LogP contribution is 2.37. The van der Waals surface area contributed by atoms with E-state index in [9.17, 15) is 13.5 Å². The van der Waals surface area contributed by atoms with Crippen molar-refractivity contribution in [3.63, 3.8) is 0 Å². The maximum atomic E-state index is 13.8. The lowest BCUT2D eigenvalue weighted by Gasteiger charge is -2.37. The number of anilines is 1. The van der Waals surface area contributed by atoms with E-state index >= 15 is 0 Å². The van der Waals surface area contributed by atoms with Crippen LogP contribution >= 0.6 is 0 Å². The van der Waals surface area contributed by atoms with Crippen molar-refractivity contribution in [2.24, 2.45) is 5.92 Å². The fraction of sp³-hybridized carbons (Fsp3) is 0.480. The van der Waals surface area contributed by atoms with Gasteiger partial charge in [-0.15, -0.1) is 0 Å². The Labute approximate surface area is 196 Å². The third kappa shape index (κ3) is 4.93. The molecular weight excluding hydrogens is 440 g/mol. The summed E-state index contributed by atoms with van der Waals surface area (Å²) in [4.78, 5) is 4.33. The van der Waals surface area contributed by atoms with Gasteiger partial charge in [0.15, 0.2) is 5.03 Å². The van der Waals surface area contributed by atoms with Crippen molar-refractivity contribution in [1.82, 2.24) is 4.98 Å². The van der Waals surface area contributed by atoms with Gasteiger partial charge in [0, 0.05) is 19.3 Å². The van der Waals surface area contributed by atoms with E-state index < -0.39 is 16.6 Å². The molecule has 0 amide bonds. The number of nitrogens with zero attached hydrogens (tertiary/aromatic N) is 2. The molecule has 178 valence electrons. The molecule has 1 fully saturated rings. The van der Waals surface area contributed by atoms with Crippen molar-refractivity contribution in [3.05, 3.63) is 53.7 Å². The summed E-state index contributed by atoms with van der Waals surface area (Å²) in [7, 11) is -3.93. The highest BCUT2D eigenvalue weighted by molar-refractivity contribution is 7.92. The van der Waals surface area contributed by atoms with Crippen LogP contribution in [0.5, 0.6) is 5.75 Å². The van der Waals surface area contributed by atoms with Crippen molar-refractivity contribution in [1.29, 1.82) is 0 Å². The lowest BCUT2D eigenvalue weighted by molar-refractivity contribution is 0.0493. The fourth-order valence-electron chi connectivity index (χ4n) is 4.56. The number of ether oxygens (including phenoxy) is 2. The predicted molar refractivity (Wildman–Crippen MR) is 128 cm³/mol. The molecule has 1 N–H and O–H groups in total. The number of aliphatic hydroxyl groups is 1. The number of fused-ring (bicyclic) bond motifs is 1. The van der Waals surface area contributed by atoms with Crippen molar-refractivity contribution in [2.75, 3.05) is 24.1 Å². The molecule has 0 bridgehead atoms. The van der Waals surface area contributed by atoms with Crippen molar-refractivity contribution in [3.8, 4) is 5.75 Å². The maximum absolute atomic E-state index is 13.8. The Balaban J connectivity index is 1.64. The molecule has 0 radical (unpaired) electrons. The zero-order valence-electron chi connectivity index (χ0n) is 19.1. The highest BCUT2D eigenvalue weighted by Gasteiger charge is 2.36. The summed E-state index contributed by atoms with van der Waals surface area (Å²) in [6.45, 7) is 7.35. The lowest BCUT2D eigenvalue weighted by Crippen LogP contribution is -2.43. The number of benzene rings is 1. The van der Waals surface area contributed by atoms with Crippen LogP contribution in [0.2, 0.25) is 0 Å². The lowest BCUT2D eigenvalue weighted by atomic mass is 9.95. The topological polar surface area (TPSA) is 89.0 Å². The van der Waals surface area contributed by atoms with Crippen LogP contribution in [0.4, 0.5) is 5.69 Å². The number of hydrogen-bond acceptors (Lipinski definition) is 6. The van der Waals surface area contributed by atoms with Crippen molar-refractivity contribution < 1.29 is 23.0 Å². The van der Waals surface area contributed by atoms with E-state index in [0.717, 1.165) is 50.0 Å². The number of pyridine rings is 1. The molecule has 1 atom stereocenters. The summed E-state index contributed by atoms with van der Waals surface area (Å²) in [6, 6.07) is 8.66. The zero-order valence-corrected chi connectivity index (χ0v) is 19.9. The molecule has 0 saturated carbocycles. The molecule has 2 aliphatic rings. The number of aliphatic hydroxyl groups excluding tert-OH is 1. The summed E-state index contributed by atoms with van der Waals surface area (Å²) in [5.41, 5.74) is 2.87. The Morgan fingerprint density at radius 1 is 1.24 bits per heavy atom. The minimum absolute atomic E-state index is 0.0796. The Kier molecular flexibility index (Phi) is 7.36. The van der Waals surface area contributed by atoms with Crippen LogP contribution in [0.25, 0.3) is 6.08 Å². The number of rotatable bonds is 8. The summed E-state index contributed by atoms with van der Waals surface area (Å²) >= 11 is 0. The van der Waals surface area contributed by atoms with Crippen molar-refractivity contribution >= 4 is 21.8 Å². The SMILES string of the molecule is C=Cc1ccc2c(c1)CCC(CC)N2S(=O)(=O)c1ccc(OCC2CCOCC2)c(CO)n1. The average molecular weight is 473 g/mol. The summed E-state index contributed by atoms with van der Waals surface area (Å²) in [5, 5.41) is 9.81. The molecule has 1 saturated heterocycles. The van der Waals surface area contributed by atoms with Crippen LogP contribution < -0.4 is 9.04 Å². The molecule has 1 unspecified atom stereocenters. The van der Waals surface area contributed by atoms with Crippen LogP contribution in [0, 0.1) is 5.92 Å². The Hall–Kier alpha value is -2.42. The molecular formula is C25H32N2O5S. The second-order valence-corrected chi connectivity index (χ2v) is 10.4. The van der Waals surface area contributed by atoms with Crippen LogP contribution in [-0.2, 0) is 27.8 Å². The van der Waals surface area contributed by atoms with Crippen LogP contribution in [0.3, 0.4) is 0 Å². The minimum Gasteiger partial charge on any atom is -0.491 e. The van der Waals surface area contributed by atoms with Crippen LogP contribution in [-0.4, -0.2) is 44.4 Å². The van der Waals surface area contributed by atoms with Crippen LogP contribution in [0.15, 0.2) is 41.9 Å². The first-order chi connectivity index (χ1) is 16.0. The first-order valence-corrected chi connectivity index (χ1v) is 13.0. The molecule has 8 heteroatoms. The van der Waals surface area contributed by atoms with Gasteiger partial charge in [0.1, 0.15) is 11.4 Å². The van der Waals surface area contributed by atoms with E-state index in [1.54, 1.807) is 12.1 Å². The van der Waals surface area contributed by atoms with E-state index in [1.807, 2.05) is 25.1 Å². The number of sulfonamides is 1. The average Bonchev–Trinajstić information content (AvgIpc) is 2.86. The van der Waals surface area contributed by atoms with Gasteiger partial charge >= 0.3 is 0 Å².